The fraction of sp³-hybridized carbons (Fsp3) is 0.429. The molecule has 19 heavy (non-hydrogen) atoms. The highest BCUT2D eigenvalue weighted by molar-refractivity contribution is 9.11. The third kappa shape index (κ3) is 3.45. The van der Waals surface area contributed by atoms with Crippen molar-refractivity contribution in [2.75, 3.05) is 7.05 Å². The van der Waals surface area contributed by atoms with Crippen LogP contribution in [0.25, 0.3) is 0 Å². The van der Waals surface area contributed by atoms with Crippen LogP contribution in [0.5, 0.6) is 0 Å². The first-order valence-corrected chi connectivity index (χ1v) is 7.81. The van der Waals surface area contributed by atoms with E-state index in [0.717, 1.165) is 21.8 Å². The Morgan fingerprint density at radius 3 is 2.53 bits per heavy atom. The molecule has 1 aromatic carbocycles. The third-order valence-electron chi connectivity index (χ3n) is 3.54. The maximum atomic E-state index is 12.5. The van der Waals surface area contributed by atoms with Crippen LogP contribution in [0.4, 0.5) is 0 Å². The molecule has 0 radical (unpaired) electrons. The van der Waals surface area contributed by atoms with Crippen LogP contribution in [-0.2, 0) is 4.79 Å². The van der Waals surface area contributed by atoms with Gasteiger partial charge in [-0.05, 0) is 47.0 Å². The van der Waals surface area contributed by atoms with E-state index in [2.05, 4.69) is 31.9 Å². The lowest BCUT2D eigenvalue weighted by molar-refractivity contribution is -0.121. The number of carbonyl (C=O) groups excluding carboxylic acids is 2. The zero-order valence-corrected chi connectivity index (χ0v) is 13.8. The Kier molecular flexibility index (Phi) is 4.79. The topological polar surface area (TPSA) is 37.4 Å². The van der Waals surface area contributed by atoms with E-state index in [-0.39, 0.29) is 11.9 Å². The van der Waals surface area contributed by atoms with Gasteiger partial charge in [0.05, 0.1) is 5.56 Å². The summed E-state index contributed by atoms with van der Waals surface area (Å²) in [4.78, 5) is 25.5. The number of amides is 1. The van der Waals surface area contributed by atoms with Gasteiger partial charge < -0.3 is 4.90 Å². The quantitative estimate of drug-likeness (QED) is 0.772. The predicted molar refractivity (Wildman–Crippen MR) is 81.2 cm³/mol. The van der Waals surface area contributed by atoms with E-state index >= 15 is 0 Å². The molecule has 3 nitrogen and oxygen atoms in total. The molecule has 5 heteroatoms. The molecule has 1 fully saturated rings. The van der Waals surface area contributed by atoms with Crippen molar-refractivity contribution in [3.05, 3.63) is 32.7 Å². The van der Waals surface area contributed by atoms with Gasteiger partial charge in [0.25, 0.3) is 5.91 Å². The second-order valence-corrected chi connectivity index (χ2v) is 6.58. The average Bonchev–Trinajstić information content (AvgIpc) is 2.41. The first-order chi connectivity index (χ1) is 8.99. The van der Waals surface area contributed by atoms with Crippen LogP contribution in [0, 0.1) is 0 Å². The zero-order chi connectivity index (χ0) is 14.0. The van der Waals surface area contributed by atoms with Crippen molar-refractivity contribution in [1.82, 2.24) is 4.90 Å². The monoisotopic (exact) mass is 387 g/mol. The van der Waals surface area contributed by atoms with Crippen LogP contribution >= 0.6 is 31.9 Å². The van der Waals surface area contributed by atoms with E-state index < -0.39 is 0 Å². The number of nitrogens with zero attached hydrogens (tertiary/aromatic N) is 1. The second-order valence-electron chi connectivity index (χ2n) is 4.81. The number of hydrogen-bond donors (Lipinski definition) is 0. The van der Waals surface area contributed by atoms with E-state index in [0.29, 0.717) is 24.2 Å². The van der Waals surface area contributed by atoms with Crippen LogP contribution in [0.15, 0.2) is 27.1 Å². The lowest BCUT2D eigenvalue weighted by atomic mass is 9.93. The summed E-state index contributed by atoms with van der Waals surface area (Å²) >= 11 is 6.79. The van der Waals surface area contributed by atoms with Crippen molar-refractivity contribution in [2.24, 2.45) is 0 Å². The number of carbonyl (C=O) groups is 2. The molecule has 2 rings (SSSR count). The van der Waals surface area contributed by atoms with Gasteiger partial charge >= 0.3 is 0 Å². The van der Waals surface area contributed by atoms with E-state index in [1.165, 1.54) is 0 Å². The van der Waals surface area contributed by atoms with E-state index in [1.807, 2.05) is 25.2 Å². The van der Waals surface area contributed by atoms with Crippen LogP contribution in [-0.4, -0.2) is 29.7 Å². The molecular formula is C14H15Br2NO2. The summed E-state index contributed by atoms with van der Waals surface area (Å²) in [5, 5.41) is 0. The third-order valence-corrected chi connectivity index (χ3v) is 4.72. The van der Waals surface area contributed by atoms with Gasteiger partial charge in [0, 0.05) is 34.9 Å². The number of rotatable bonds is 2. The molecule has 0 aliphatic heterocycles. The Bertz CT molecular complexity index is 506. The molecule has 0 atom stereocenters. The van der Waals surface area contributed by atoms with E-state index in [4.69, 9.17) is 0 Å². The van der Waals surface area contributed by atoms with Crippen LogP contribution in [0.1, 0.15) is 36.0 Å². The van der Waals surface area contributed by atoms with Gasteiger partial charge in [-0.15, -0.1) is 0 Å². The van der Waals surface area contributed by atoms with E-state index in [9.17, 15) is 9.59 Å². The number of halogens is 2. The van der Waals surface area contributed by atoms with Crippen molar-refractivity contribution in [1.29, 1.82) is 0 Å². The van der Waals surface area contributed by atoms with Gasteiger partial charge in [0.1, 0.15) is 5.78 Å². The highest BCUT2D eigenvalue weighted by Crippen LogP contribution is 2.26. The molecule has 0 aromatic heterocycles. The van der Waals surface area contributed by atoms with Gasteiger partial charge in [-0.3, -0.25) is 9.59 Å². The van der Waals surface area contributed by atoms with Crippen LogP contribution < -0.4 is 0 Å². The van der Waals surface area contributed by atoms with Gasteiger partial charge in [0.2, 0.25) is 0 Å². The minimum absolute atomic E-state index is 0.00692. The first kappa shape index (κ1) is 14.7. The van der Waals surface area contributed by atoms with Crippen LogP contribution in [0.3, 0.4) is 0 Å². The Balaban J connectivity index is 2.14. The number of benzene rings is 1. The molecule has 0 heterocycles. The van der Waals surface area contributed by atoms with Crippen molar-refractivity contribution in [2.45, 2.75) is 31.7 Å². The highest BCUT2D eigenvalue weighted by atomic mass is 79.9. The molecule has 102 valence electrons. The summed E-state index contributed by atoms with van der Waals surface area (Å²) in [6.45, 7) is 0. The molecule has 0 bridgehead atoms. The molecule has 0 spiro atoms. The van der Waals surface area contributed by atoms with Gasteiger partial charge in [-0.2, -0.15) is 0 Å². The summed E-state index contributed by atoms with van der Waals surface area (Å²) in [6.07, 6.45) is 2.71. The van der Waals surface area contributed by atoms with Gasteiger partial charge in [-0.25, -0.2) is 0 Å². The smallest absolute Gasteiger partial charge is 0.255 e. The second kappa shape index (κ2) is 6.18. The number of ketones is 1. The molecule has 1 aromatic rings. The lowest BCUT2D eigenvalue weighted by Crippen LogP contribution is -2.39. The zero-order valence-electron chi connectivity index (χ0n) is 10.7. The Hall–Kier alpha value is -0.680. The summed E-state index contributed by atoms with van der Waals surface area (Å²) < 4.78 is 1.67. The normalized spacial score (nSPS) is 16.5. The summed E-state index contributed by atoms with van der Waals surface area (Å²) in [5.74, 6) is 0.299. The van der Waals surface area contributed by atoms with E-state index in [1.54, 1.807) is 4.90 Å². The predicted octanol–water partition coefficient (Wildman–Crippen LogP) is 3.80. The molecule has 1 aliphatic carbocycles. The molecule has 1 aliphatic rings. The average molecular weight is 389 g/mol. The minimum Gasteiger partial charge on any atom is -0.339 e. The van der Waals surface area contributed by atoms with Crippen molar-refractivity contribution < 1.29 is 9.59 Å². The summed E-state index contributed by atoms with van der Waals surface area (Å²) in [7, 11) is 1.82. The van der Waals surface area contributed by atoms with Gasteiger partial charge in [0.15, 0.2) is 0 Å². The fourth-order valence-electron chi connectivity index (χ4n) is 2.33. The summed E-state index contributed by atoms with van der Waals surface area (Å²) in [6, 6.07) is 5.73. The molecular weight excluding hydrogens is 374 g/mol. The Morgan fingerprint density at radius 2 is 1.89 bits per heavy atom. The number of hydrogen-bond acceptors (Lipinski definition) is 2. The van der Waals surface area contributed by atoms with Gasteiger partial charge in [-0.1, -0.05) is 15.9 Å². The Morgan fingerprint density at radius 1 is 1.26 bits per heavy atom. The number of Topliss-reactive ketones (excluding diaryl/α,β-unsaturated/α-hetero) is 1. The minimum atomic E-state index is -0.00692. The van der Waals surface area contributed by atoms with Crippen molar-refractivity contribution in [3.8, 4) is 0 Å². The molecule has 0 N–H and O–H groups in total. The molecule has 1 amide bonds. The van der Waals surface area contributed by atoms with Crippen molar-refractivity contribution in [3.63, 3.8) is 0 Å². The maximum Gasteiger partial charge on any atom is 0.255 e. The summed E-state index contributed by atoms with van der Waals surface area (Å²) in [5.41, 5.74) is 0.647. The molecule has 0 saturated heterocycles. The maximum absolute atomic E-state index is 12.5. The Labute approximate surface area is 129 Å². The van der Waals surface area contributed by atoms with Crippen molar-refractivity contribution >= 4 is 43.6 Å². The molecule has 0 unspecified atom stereocenters. The first-order valence-electron chi connectivity index (χ1n) is 6.23. The largest absolute Gasteiger partial charge is 0.339 e. The lowest BCUT2D eigenvalue weighted by Gasteiger charge is -2.31. The fourth-order valence-corrected chi connectivity index (χ4v) is 3.11. The SMILES string of the molecule is CN(C(=O)c1cc(Br)ccc1Br)C1CCC(=O)CC1. The van der Waals surface area contributed by atoms with Crippen LogP contribution in [0.2, 0.25) is 0 Å². The standard InChI is InChI=1S/C14H15Br2NO2/c1-17(10-3-5-11(18)6-4-10)14(19)12-8-9(15)2-7-13(12)16/h2,7-8,10H,3-6H2,1H3. The molecule has 1 saturated carbocycles. The highest BCUT2D eigenvalue weighted by Gasteiger charge is 2.26.